The summed E-state index contributed by atoms with van der Waals surface area (Å²) in [6.45, 7) is 3.44. The summed E-state index contributed by atoms with van der Waals surface area (Å²) in [6.07, 6.45) is 7.38. The predicted molar refractivity (Wildman–Crippen MR) is 91.1 cm³/mol. The number of rotatable bonds is 4. The van der Waals surface area contributed by atoms with Gasteiger partial charge in [-0.05, 0) is 18.6 Å². The molecule has 2 aliphatic rings. The molecule has 0 bridgehead atoms. The second-order valence-corrected chi connectivity index (χ2v) is 6.72. The van der Waals surface area contributed by atoms with E-state index in [2.05, 4.69) is 20.2 Å². The zero-order chi connectivity index (χ0) is 16.8. The number of likely N-dealkylation sites (tertiary alicyclic amines) is 1. The molecule has 128 valence electrons. The molecule has 0 N–H and O–H groups in total. The van der Waals surface area contributed by atoms with Gasteiger partial charge in [-0.3, -0.25) is 18.8 Å². The van der Waals surface area contributed by atoms with Crippen LogP contribution in [-0.2, 0) is 11.3 Å². The first-order valence-electron chi connectivity index (χ1n) is 8.63. The number of pyridine rings is 1. The van der Waals surface area contributed by atoms with E-state index >= 15 is 0 Å². The summed E-state index contributed by atoms with van der Waals surface area (Å²) >= 11 is 0. The molecule has 5 heterocycles. The van der Waals surface area contributed by atoms with Crippen LogP contribution < -0.4 is 4.90 Å². The zero-order valence-electron chi connectivity index (χ0n) is 13.8. The van der Waals surface area contributed by atoms with Crippen molar-refractivity contribution in [2.24, 2.45) is 0 Å². The van der Waals surface area contributed by atoms with Crippen LogP contribution in [0.3, 0.4) is 0 Å². The molecule has 0 aliphatic carbocycles. The van der Waals surface area contributed by atoms with E-state index in [0.29, 0.717) is 12.5 Å². The number of carbonyl (C=O) groups is 1. The van der Waals surface area contributed by atoms with Crippen molar-refractivity contribution in [3.63, 3.8) is 0 Å². The summed E-state index contributed by atoms with van der Waals surface area (Å²) in [5, 5.41) is 12.9. The molecule has 0 spiro atoms. The summed E-state index contributed by atoms with van der Waals surface area (Å²) in [6, 6.07) is 6.27. The first kappa shape index (κ1) is 14.6. The van der Waals surface area contributed by atoms with Crippen molar-refractivity contribution in [3.8, 4) is 0 Å². The third kappa shape index (κ3) is 2.49. The molecule has 0 atom stereocenters. The number of fused-ring (bicyclic) bond motifs is 1. The van der Waals surface area contributed by atoms with Gasteiger partial charge in [0.15, 0.2) is 11.5 Å². The quantitative estimate of drug-likeness (QED) is 0.713. The Kier molecular flexibility index (Phi) is 3.30. The molecule has 0 saturated carbocycles. The molecule has 0 unspecified atom stereocenters. The lowest BCUT2D eigenvalue weighted by Gasteiger charge is -2.38. The van der Waals surface area contributed by atoms with Crippen LogP contribution in [0.2, 0.25) is 0 Å². The second-order valence-electron chi connectivity index (χ2n) is 6.72. The van der Waals surface area contributed by atoms with Gasteiger partial charge in [-0.15, -0.1) is 10.2 Å². The Morgan fingerprint density at radius 3 is 2.96 bits per heavy atom. The zero-order valence-corrected chi connectivity index (χ0v) is 13.8. The van der Waals surface area contributed by atoms with Gasteiger partial charge in [0.05, 0.1) is 24.5 Å². The molecule has 0 aromatic carbocycles. The predicted octanol–water partition coefficient (Wildman–Crippen LogP) is 1.11. The van der Waals surface area contributed by atoms with Crippen LogP contribution in [0.15, 0.2) is 36.8 Å². The Hall–Kier alpha value is -2.74. The Morgan fingerprint density at radius 1 is 1.20 bits per heavy atom. The van der Waals surface area contributed by atoms with E-state index in [4.69, 9.17) is 0 Å². The van der Waals surface area contributed by atoms with Crippen LogP contribution in [0.5, 0.6) is 0 Å². The average Bonchev–Trinajstić information content (AvgIpc) is 3.30. The van der Waals surface area contributed by atoms with Crippen LogP contribution in [0.1, 0.15) is 24.7 Å². The maximum atomic E-state index is 11.8. The Bertz CT molecular complexity index is 924. The van der Waals surface area contributed by atoms with E-state index in [0.717, 1.165) is 49.8 Å². The van der Waals surface area contributed by atoms with Crippen molar-refractivity contribution in [2.75, 3.05) is 24.5 Å². The van der Waals surface area contributed by atoms with Crippen molar-refractivity contribution in [2.45, 2.75) is 25.4 Å². The fourth-order valence-electron chi connectivity index (χ4n) is 3.63. The van der Waals surface area contributed by atoms with Gasteiger partial charge in [0.25, 0.3) is 0 Å². The van der Waals surface area contributed by atoms with E-state index in [-0.39, 0.29) is 5.91 Å². The monoisotopic (exact) mass is 337 g/mol. The van der Waals surface area contributed by atoms with Crippen LogP contribution in [0.25, 0.3) is 5.65 Å². The lowest BCUT2D eigenvalue weighted by atomic mass is 10.1. The molecule has 8 heteroatoms. The van der Waals surface area contributed by atoms with Gasteiger partial charge in [-0.25, -0.2) is 0 Å². The van der Waals surface area contributed by atoms with E-state index < -0.39 is 0 Å². The highest BCUT2D eigenvalue weighted by atomic mass is 16.2. The van der Waals surface area contributed by atoms with Gasteiger partial charge in [-0.2, -0.15) is 5.10 Å². The van der Waals surface area contributed by atoms with Crippen molar-refractivity contribution in [1.82, 2.24) is 29.3 Å². The number of nitrogens with zero attached hydrogens (tertiary/aromatic N) is 7. The smallest absolute Gasteiger partial charge is 0.227 e. The minimum absolute atomic E-state index is 0.202. The molecule has 2 aliphatic heterocycles. The third-order valence-corrected chi connectivity index (χ3v) is 5.03. The minimum Gasteiger partial charge on any atom is -0.309 e. The molecular weight excluding hydrogens is 318 g/mol. The SMILES string of the molecule is O=C1CCCN1c1cnn(C2CN(Cc3nnc4ccccn34)C2)c1. The number of aromatic nitrogens is 5. The molecule has 3 aromatic heterocycles. The average molecular weight is 337 g/mol. The highest BCUT2D eigenvalue weighted by Crippen LogP contribution is 2.26. The van der Waals surface area contributed by atoms with Gasteiger partial charge in [0.2, 0.25) is 5.91 Å². The van der Waals surface area contributed by atoms with Gasteiger partial charge in [0, 0.05) is 38.4 Å². The molecule has 0 radical (unpaired) electrons. The minimum atomic E-state index is 0.202. The Balaban J connectivity index is 1.23. The van der Waals surface area contributed by atoms with E-state index in [1.165, 1.54) is 0 Å². The largest absolute Gasteiger partial charge is 0.309 e. The van der Waals surface area contributed by atoms with Gasteiger partial charge >= 0.3 is 0 Å². The fourth-order valence-corrected chi connectivity index (χ4v) is 3.63. The summed E-state index contributed by atoms with van der Waals surface area (Å²) in [5.41, 5.74) is 1.80. The number of hydrogen-bond donors (Lipinski definition) is 0. The highest BCUT2D eigenvalue weighted by molar-refractivity contribution is 5.95. The van der Waals surface area contributed by atoms with E-state index in [9.17, 15) is 4.79 Å². The third-order valence-electron chi connectivity index (χ3n) is 5.03. The van der Waals surface area contributed by atoms with Gasteiger partial charge < -0.3 is 4.90 Å². The lowest BCUT2D eigenvalue weighted by Crippen LogP contribution is -2.47. The maximum Gasteiger partial charge on any atom is 0.227 e. The summed E-state index contributed by atoms with van der Waals surface area (Å²) < 4.78 is 4.01. The standard InChI is InChI=1S/C17H19N7O/c25-17-5-3-7-22(17)13-8-18-24(11-13)14-9-21(10-14)12-16-20-19-15-4-1-2-6-23(15)16/h1-2,4,6,8,11,14H,3,5,7,9-10,12H2. The van der Waals surface area contributed by atoms with Crippen LogP contribution in [-0.4, -0.2) is 54.8 Å². The van der Waals surface area contributed by atoms with Gasteiger partial charge in [-0.1, -0.05) is 6.07 Å². The summed E-state index contributed by atoms with van der Waals surface area (Å²) in [7, 11) is 0. The summed E-state index contributed by atoms with van der Waals surface area (Å²) in [5.74, 6) is 1.16. The molecule has 8 nitrogen and oxygen atoms in total. The number of carbonyl (C=O) groups excluding carboxylic acids is 1. The maximum absolute atomic E-state index is 11.8. The van der Waals surface area contributed by atoms with Crippen LogP contribution in [0, 0.1) is 0 Å². The number of hydrogen-bond acceptors (Lipinski definition) is 5. The molecular formula is C17H19N7O. The summed E-state index contributed by atoms with van der Waals surface area (Å²) in [4.78, 5) is 16.0. The van der Waals surface area contributed by atoms with Crippen molar-refractivity contribution in [3.05, 3.63) is 42.6 Å². The van der Waals surface area contributed by atoms with E-state index in [1.54, 1.807) is 6.20 Å². The molecule has 25 heavy (non-hydrogen) atoms. The molecule has 2 fully saturated rings. The molecule has 5 rings (SSSR count). The van der Waals surface area contributed by atoms with Crippen LogP contribution in [0.4, 0.5) is 5.69 Å². The highest BCUT2D eigenvalue weighted by Gasteiger charge is 2.31. The first-order chi connectivity index (χ1) is 12.3. The van der Waals surface area contributed by atoms with Crippen molar-refractivity contribution >= 4 is 17.2 Å². The topological polar surface area (TPSA) is 71.6 Å². The molecule has 2 saturated heterocycles. The normalized spacial score (nSPS) is 19.0. The number of anilines is 1. The van der Waals surface area contributed by atoms with Gasteiger partial charge in [0.1, 0.15) is 0 Å². The first-order valence-corrected chi connectivity index (χ1v) is 8.63. The van der Waals surface area contributed by atoms with Crippen molar-refractivity contribution in [1.29, 1.82) is 0 Å². The molecule has 1 amide bonds. The second kappa shape index (κ2) is 5.66. The number of amides is 1. The van der Waals surface area contributed by atoms with Crippen molar-refractivity contribution < 1.29 is 4.79 Å². The molecule has 3 aromatic rings. The van der Waals surface area contributed by atoms with Crippen LogP contribution >= 0.6 is 0 Å². The Labute approximate surface area is 144 Å². The Morgan fingerprint density at radius 2 is 2.12 bits per heavy atom. The fraction of sp³-hybridized carbons (Fsp3) is 0.412. The van der Waals surface area contributed by atoms with E-state index in [1.807, 2.05) is 44.6 Å². The lowest BCUT2D eigenvalue weighted by molar-refractivity contribution is -0.117.